The highest BCUT2D eigenvalue weighted by Gasteiger charge is 2.15. The van der Waals surface area contributed by atoms with Crippen LogP contribution >= 0.6 is 0 Å². The van der Waals surface area contributed by atoms with E-state index in [0.29, 0.717) is 6.04 Å². The van der Waals surface area contributed by atoms with Crippen LogP contribution in [0.15, 0.2) is 11.9 Å². The van der Waals surface area contributed by atoms with Crippen LogP contribution in [0, 0.1) is 0 Å². The summed E-state index contributed by atoms with van der Waals surface area (Å²) in [6.45, 7) is 15.1. The summed E-state index contributed by atoms with van der Waals surface area (Å²) in [4.78, 5) is 4.80. The van der Waals surface area contributed by atoms with Gasteiger partial charge in [0.05, 0.1) is 5.82 Å². The van der Waals surface area contributed by atoms with Crippen LogP contribution in [0.5, 0.6) is 0 Å². The normalized spacial score (nSPS) is 18.2. The Morgan fingerprint density at radius 2 is 1.62 bits per heavy atom. The first-order valence-electron chi connectivity index (χ1n) is 6.50. The fourth-order valence-corrected chi connectivity index (χ4v) is 1.70. The van der Waals surface area contributed by atoms with Crippen LogP contribution in [0.2, 0.25) is 0 Å². The van der Waals surface area contributed by atoms with Gasteiger partial charge in [-0.3, -0.25) is 0 Å². The van der Waals surface area contributed by atoms with E-state index >= 15 is 0 Å². The quantitative estimate of drug-likeness (QED) is 0.797. The lowest BCUT2D eigenvalue weighted by molar-refractivity contribution is 0.176. The number of nitrogens with one attached hydrogen (secondary N) is 1. The molecule has 0 radical (unpaired) electrons. The Morgan fingerprint density at radius 1 is 1.12 bits per heavy atom. The van der Waals surface area contributed by atoms with E-state index in [0.717, 1.165) is 26.2 Å². The predicted molar refractivity (Wildman–Crippen MR) is 72.4 cm³/mol. The summed E-state index contributed by atoms with van der Waals surface area (Å²) in [5.41, 5.74) is 0. The summed E-state index contributed by atoms with van der Waals surface area (Å²) in [5, 5.41) is 3.48. The molecule has 1 fully saturated rings. The van der Waals surface area contributed by atoms with Gasteiger partial charge in [0.15, 0.2) is 0 Å². The molecule has 0 unspecified atom stereocenters. The Kier molecular flexibility index (Phi) is 8.08. The number of rotatable bonds is 3. The Bertz CT molecular complexity index is 191. The molecular formula is C13H29N3. The van der Waals surface area contributed by atoms with Crippen molar-refractivity contribution in [1.29, 1.82) is 0 Å². The van der Waals surface area contributed by atoms with E-state index in [1.165, 1.54) is 5.82 Å². The van der Waals surface area contributed by atoms with Crippen LogP contribution in [0.1, 0.15) is 34.6 Å². The van der Waals surface area contributed by atoms with Gasteiger partial charge in [-0.25, -0.2) is 0 Å². The smallest absolute Gasteiger partial charge is 0.0971 e. The fourth-order valence-electron chi connectivity index (χ4n) is 1.70. The summed E-state index contributed by atoms with van der Waals surface area (Å²) in [6, 6.07) is 0.515. The summed E-state index contributed by atoms with van der Waals surface area (Å²) >= 11 is 0. The molecular weight excluding hydrogens is 198 g/mol. The lowest BCUT2D eigenvalue weighted by Crippen LogP contribution is -2.47. The molecule has 0 bridgehead atoms. The summed E-state index contributed by atoms with van der Waals surface area (Å²) in [6.07, 6.45) is 2.17. The molecule has 0 aliphatic carbocycles. The predicted octanol–water partition coefficient (Wildman–Crippen LogP) is 2.12. The molecule has 1 N–H and O–H groups in total. The summed E-state index contributed by atoms with van der Waals surface area (Å²) < 4.78 is 0. The molecule has 3 nitrogen and oxygen atoms in total. The van der Waals surface area contributed by atoms with Gasteiger partial charge in [0.2, 0.25) is 0 Å². The molecule has 1 aliphatic heterocycles. The fraction of sp³-hybridized carbons (Fsp3) is 0.846. The van der Waals surface area contributed by atoms with Gasteiger partial charge in [0, 0.05) is 32.2 Å². The monoisotopic (exact) mass is 227 g/mol. The number of hydrogen-bond acceptors (Lipinski definition) is 3. The number of allylic oxidation sites excluding steroid dienone is 1. The van der Waals surface area contributed by atoms with Crippen LogP contribution in [-0.2, 0) is 0 Å². The zero-order valence-electron chi connectivity index (χ0n) is 11.9. The van der Waals surface area contributed by atoms with Crippen LogP contribution in [0.3, 0.4) is 0 Å². The van der Waals surface area contributed by atoms with Crippen molar-refractivity contribution >= 4 is 0 Å². The van der Waals surface area contributed by atoms with Crippen molar-refractivity contribution in [2.24, 2.45) is 0 Å². The third-order valence-electron chi connectivity index (χ3n) is 2.55. The van der Waals surface area contributed by atoms with E-state index in [2.05, 4.69) is 49.0 Å². The Labute approximate surface area is 101 Å². The number of likely N-dealkylation sites (N-methyl/N-ethyl adjacent to an activating group) is 1. The molecule has 0 aromatic heterocycles. The molecule has 3 heteroatoms. The van der Waals surface area contributed by atoms with Crippen molar-refractivity contribution in [2.45, 2.75) is 40.7 Å². The Hall–Kier alpha value is -0.700. The molecule has 16 heavy (non-hydrogen) atoms. The molecule has 0 aromatic rings. The number of piperazine rings is 1. The van der Waals surface area contributed by atoms with E-state index in [4.69, 9.17) is 0 Å². The van der Waals surface area contributed by atoms with E-state index in [1.54, 1.807) is 0 Å². The Morgan fingerprint density at radius 3 is 2.00 bits per heavy atom. The average Bonchev–Trinajstić information content (AvgIpc) is 2.29. The first-order chi connectivity index (χ1) is 7.63. The van der Waals surface area contributed by atoms with Crippen molar-refractivity contribution < 1.29 is 0 Å². The van der Waals surface area contributed by atoms with E-state index in [9.17, 15) is 0 Å². The molecule has 0 atom stereocenters. The lowest BCUT2D eigenvalue weighted by Gasteiger charge is -2.36. The van der Waals surface area contributed by atoms with Gasteiger partial charge < -0.3 is 15.1 Å². The first-order valence-corrected chi connectivity index (χ1v) is 6.50. The average molecular weight is 227 g/mol. The van der Waals surface area contributed by atoms with E-state index < -0.39 is 0 Å². The molecule has 0 saturated carbocycles. The van der Waals surface area contributed by atoms with Crippen molar-refractivity contribution in [2.75, 3.05) is 33.2 Å². The van der Waals surface area contributed by atoms with Crippen LogP contribution in [-0.4, -0.2) is 49.1 Å². The number of nitrogens with zero attached hydrogens (tertiary/aromatic N) is 2. The minimum Gasteiger partial charge on any atom is -0.370 e. The maximum Gasteiger partial charge on any atom is 0.0971 e. The second-order valence-electron chi connectivity index (χ2n) is 4.26. The maximum absolute atomic E-state index is 3.48. The van der Waals surface area contributed by atoms with E-state index in [-0.39, 0.29) is 0 Å². The molecule has 1 rings (SSSR count). The maximum atomic E-state index is 3.48. The third kappa shape index (κ3) is 5.40. The molecule has 0 spiro atoms. The van der Waals surface area contributed by atoms with Gasteiger partial charge in [-0.15, -0.1) is 0 Å². The lowest BCUT2D eigenvalue weighted by atomic mass is 10.3. The van der Waals surface area contributed by atoms with Gasteiger partial charge in [-0.1, -0.05) is 13.8 Å². The highest BCUT2D eigenvalue weighted by Crippen LogP contribution is 2.06. The second kappa shape index (κ2) is 8.45. The Balaban J connectivity index is 0.00000106. The SMILES string of the molecule is C/C=C(\NC(C)C)N1CCN(C)CC1.CC. The van der Waals surface area contributed by atoms with Crippen molar-refractivity contribution in [3.8, 4) is 0 Å². The van der Waals surface area contributed by atoms with Gasteiger partial charge in [-0.05, 0) is 33.9 Å². The van der Waals surface area contributed by atoms with Crippen LogP contribution in [0.25, 0.3) is 0 Å². The molecule has 0 amide bonds. The van der Waals surface area contributed by atoms with Crippen LogP contribution in [0.4, 0.5) is 0 Å². The number of hydrogen-bond donors (Lipinski definition) is 1. The van der Waals surface area contributed by atoms with Gasteiger partial charge in [-0.2, -0.15) is 0 Å². The van der Waals surface area contributed by atoms with E-state index in [1.807, 2.05) is 13.8 Å². The molecule has 96 valence electrons. The highest BCUT2D eigenvalue weighted by atomic mass is 15.3. The first kappa shape index (κ1) is 15.3. The van der Waals surface area contributed by atoms with Crippen molar-refractivity contribution in [1.82, 2.24) is 15.1 Å². The minimum atomic E-state index is 0.515. The van der Waals surface area contributed by atoms with Crippen LogP contribution < -0.4 is 5.32 Å². The van der Waals surface area contributed by atoms with Crippen molar-refractivity contribution in [3.05, 3.63) is 11.9 Å². The van der Waals surface area contributed by atoms with Gasteiger partial charge in [0.25, 0.3) is 0 Å². The summed E-state index contributed by atoms with van der Waals surface area (Å²) in [7, 11) is 2.18. The third-order valence-corrected chi connectivity index (χ3v) is 2.55. The highest BCUT2D eigenvalue weighted by molar-refractivity contribution is 4.99. The zero-order chi connectivity index (χ0) is 12.6. The zero-order valence-corrected chi connectivity index (χ0v) is 11.9. The minimum absolute atomic E-state index is 0.515. The summed E-state index contributed by atoms with van der Waals surface area (Å²) in [5.74, 6) is 1.29. The largest absolute Gasteiger partial charge is 0.370 e. The van der Waals surface area contributed by atoms with Crippen molar-refractivity contribution in [3.63, 3.8) is 0 Å². The second-order valence-corrected chi connectivity index (χ2v) is 4.26. The van der Waals surface area contributed by atoms with Gasteiger partial charge in [0.1, 0.15) is 0 Å². The molecule has 0 aromatic carbocycles. The standard InChI is InChI=1S/C11H23N3.C2H6/c1-5-11(12-10(2)3)14-8-6-13(4)7-9-14;1-2/h5,10,12H,6-9H2,1-4H3;1-2H3/b11-5+;. The topological polar surface area (TPSA) is 18.5 Å². The van der Waals surface area contributed by atoms with Gasteiger partial charge >= 0.3 is 0 Å². The molecule has 1 saturated heterocycles. The molecule has 1 heterocycles. The molecule has 1 aliphatic rings.